The van der Waals surface area contributed by atoms with Gasteiger partial charge >= 0.3 is 0 Å². The molecular weight excluding hydrogens is 362 g/mol. The van der Waals surface area contributed by atoms with Crippen LogP contribution in [-0.4, -0.2) is 15.7 Å². The molecule has 0 aliphatic heterocycles. The Morgan fingerprint density at radius 1 is 1.35 bits per heavy atom. The van der Waals surface area contributed by atoms with Crippen LogP contribution in [0.1, 0.15) is 45.4 Å². The summed E-state index contributed by atoms with van der Waals surface area (Å²) in [7, 11) is 1.97. The second-order valence-electron chi connectivity index (χ2n) is 6.45. The first-order chi connectivity index (χ1) is 12.7. The molecule has 26 heavy (non-hydrogen) atoms. The van der Waals surface area contributed by atoms with Crippen LogP contribution in [0.3, 0.4) is 0 Å². The molecule has 4 rings (SSSR count). The van der Waals surface area contributed by atoms with Gasteiger partial charge in [0.2, 0.25) is 0 Å². The number of hydrogen-bond acceptors (Lipinski definition) is 4. The Hall–Kier alpha value is -2.05. The van der Waals surface area contributed by atoms with E-state index in [-0.39, 0.29) is 11.9 Å². The Balaban J connectivity index is 1.50. The lowest BCUT2D eigenvalue weighted by Gasteiger charge is -2.24. The van der Waals surface area contributed by atoms with Crippen molar-refractivity contribution in [3.05, 3.63) is 69.7 Å². The summed E-state index contributed by atoms with van der Waals surface area (Å²) in [4.78, 5) is 15.3. The van der Waals surface area contributed by atoms with Crippen molar-refractivity contribution in [3.8, 4) is 0 Å². The van der Waals surface area contributed by atoms with Crippen LogP contribution in [-0.2, 0) is 19.2 Å². The van der Waals surface area contributed by atoms with Gasteiger partial charge in [-0.3, -0.25) is 9.48 Å². The number of thiophene rings is 1. The van der Waals surface area contributed by atoms with Gasteiger partial charge in [0.1, 0.15) is 0 Å². The van der Waals surface area contributed by atoms with Crippen LogP contribution in [0.4, 0.5) is 0 Å². The molecule has 6 heteroatoms. The molecular formula is C20H21N3OS2. The Bertz CT molecular complexity index is 902. The van der Waals surface area contributed by atoms with Gasteiger partial charge in [0.05, 0.1) is 17.8 Å². The van der Waals surface area contributed by atoms with Crippen LogP contribution in [0.25, 0.3) is 0 Å². The number of carbonyl (C=O) groups excluding carboxylic acids is 1. The van der Waals surface area contributed by atoms with Crippen LogP contribution in [0.2, 0.25) is 0 Å². The topological polar surface area (TPSA) is 46.9 Å². The molecule has 1 amide bonds. The van der Waals surface area contributed by atoms with E-state index in [1.54, 1.807) is 23.1 Å². The standard InChI is InChI=1S/C20H21N3OS2/c1-23-18-9-4-8-17(16(18)12-21-23)22-20(24)15-7-2-3-10-19(15)26-13-14-6-5-11-25-14/h2-3,5-7,10-12,17H,4,8-9,13H2,1H3,(H,22,24). The molecule has 1 N–H and O–H groups in total. The summed E-state index contributed by atoms with van der Waals surface area (Å²) in [6, 6.07) is 12.1. The summed E-state index contributed by atoms with van der Waals surface area (Å²) in [6.07, 6.45) is 4.98. The SMILES string of the molecule is Cn1ncc2c1CCCC2NC(=O)c1ccccc1SCc1cccs1. The lowest BCUT2D eigenvalue weighted by Crippen LogP contribution is -2.31. The van der Waals surface area contributed by atoms with E-state index in [1.807, 2.05) is 42.2 Å². The van der Waals surface area contributed by atoms with Gasteiger partial charge in [-0.1, -0.05) is 18.2 Å². The minimum absolute atomic E-state index is 0.000910. The van der Waals surface area contributed by atoms with E-state index in [2.05, 4.69) is 27.9 Å². The van der Waals surface area contributed by atoms with Crippen LogP contribution in [0.5, 0.6) is 0 Å². The number of benzene rings is 1. The third-order valence-electron chi connectivity index (χ3n) is 4.76. The number of aryl methyl sites for hydroxylation is 1. The Morgan fingerprint density at radius 3 is 3.08 bits per heavy atom. The molecule has 0 saturated carbocycles. The summed E-state index contributed by atoms with van der Waals surface area (Å²) in [6.45, 7) is 0. The average Bonchev–Trinajstić information content (AvgIpc) is 3.31. The van der Waals surface area contributed by atoms with E-state index in [0.717, 1.165) is 41.0 Å². The molecule has 4 nitrogen and oxygen atoms in total. The van der Waals surface area contributed by atoms with Crippen molar-refractivity contribution in [2.24, 2.45) is 7.05 Å². The number of amides is 1. The molecule has 3 aromatic rings. The number of nitrogens with one attached hydrogen (secondary N) is 1. The number of carbonyl (C=O) groups is 1. The predicted molar refractivity (Wildman–Crippen MR) is 107 cm³/mol. The van der Waals surface area contributed by atoms with Gasteiger partial charge in [0.15, 0.2) is 0 Å². The van der Waals surface area contributed by atoms with Crippen molar-refractivity contribution in [2.45, 2.75) is 36.0 Å². The first-order valence-corrected chi connectivity index (χ1v) is 10.6. The molecule has 134 valence electrons. The van der Waals surface area contributed by atoms with E-state index in [4.69, 9.17) is 0 Å². The molecule has 1 aliphatic carbocycles. The van der Waals surface area contributed by atoms with Crippen molar-refractivity contribution < 1.29 is 4.79 Å². The molecule has 0 bridgehead atoms. The fourth-order valence-electron chi connectivity index (χ4n) is 3.42. The van der Waals surface area contributed by atoms with Gasteiger partial charge < -0.3 is 5.32 Å². The molecule has 0 saturated heterocycles. The van der Waals surface area contributed by atoms with Gasteiger partial charge in [-0.05, 0) is 42.8 Å². The van der Waals surface area contributed by atoms with Gasteiger partial charge in [-0.2, -0.15) is 5.10 Å². The van der Waals surface area contributed by atoms with E-state index < -0.39 is 0 Å². The van der Waals surface area contributed by atoms with Crippen molar-refractivity contribution in [1.82, 2.24) is 15.1 Å². The number of thioether (sulfide) groups is 1. The van der Waals surface area contributed by atoms with Crippen molar-refractivity contribution in [2.75, 3.05) is 0 Å². The van der Waals surface area contributed by atoms with E-state index in [9.17, 15) is 4.79 Å². The average molecular weight is 384 g/mol. The number of fused-ring (bicyclic) bond motifs is 1. The van der Waals surface area contributed by atoms with Gasteiger partial charge in [-0.15, -0.1) is 23.1 Å². The Morgan fingerprint density at radius 2 is 2.23 bits per heavy atom. The zero-order valence-corrected chi connectivity index (χ0v) is 16.3. The summed E-state index contributed by atoms with van der Waals surface area (Å²) in [5.41, 5.74) is 3.16. The van der Waals surface area contributed by atoms with Crippen LogP contribution >= 0.6 is 23.1 Å². The third-order valence-corrected chi connectivity index (χ3v) is 6.94. The third kappa shape index (κ3) is 3.57. The molecule has 1 unspecified atom stereocenters. The lowest BCUT2D eigenvalue weighted by atomic mass is 9.93. The monoisotopic (exact) mass is 383 g/mol. The van der Waals surface area contributed by atoms with Gasteiger partial charge in [0, 0.05) is 33.8 Å². The zero-order chi connectivity index (χ0) is 17.9. The van der Waals surface area contributed by atoms with Crippen LogP contribution in [0, 0.1) is 0 Å². The van der Waals surface area contributed by atoms with Crippen molar-refractivity contribution in [1.29, 1.82) is 0 Å². The maximum atomic E-state index is 13.0. The predicted octanol–water partition coefficient (Wildman–Crippen LogP) is 4.58. The highest BCUT2D eigenvalue weighted by molar-refractivity contribution is 7.98. The van der Waals surface area contributed by atoms with Crippen LogP contribution < -0.4 is 5.32 Å². The molecule has 0 fully saturated rings. The summed E-state index contributed by atoms with van der Waals surface area (Å²) >= 11 is 3.47. The fraction of sp³-hybridized carbons (Fsp3) is 0.300. The fourth-order valence-corrected chi connectivity index (χ4v) is 5.24. The molecule has 2 heterocycles. The second-order valence-corrected chi connectivity index (χ2v) is 8.50. The van der Waals surface area contributed by atoms with E-state index in [1.165, 1.54) is 10.6 Å². The first kappa shape index (κ1) is 17.4. The highest BCUT2D eigenvalue weighted by Crippen LogP contribution is 2.31. The molecule has 1 atom stereocenters. The molecule has 1 aliphatic rings. The minimum atomic E-state index is 0.000910. The largest absolute Gasteiger partial charge is 0.345 e. The lowest BCUT2D eigenvalue weighted by molar-refractivity contribution is 0.0929. The van der Waals surface area contributed by atoms with E-state index in [0.29, 0.717) is 0 Å². The molecule has 1 aromatic carbocycles. The zero-order valence-electron chi connectivity index (χ0n) is 14.6. The number of aromatic nitrogens is 2. The number of rotatable bonds is 5. The van der Waals surface area contributed by atoms with Crippen LogP contribution in [0.15, 0.2) is 52.9 Å². The van der Waals surface area contributed by atoms with E-state index >= 15 is 0 Å². The molecule has 2 aromatic heterocycles. The van der Waals surface area contributed by atoms with Crippen molar-refractivity contribution in [3.63, 3.8) is 0 Å². The highest BCUT2D eigenvalue weighted by atomic mass is 32.2. The highest BCUT2D eigenvalue weighted by Gasteiger charge is 2.25. The number of nitrogens with zero attached hydrogens (tertiary/aromatic N) is 2. The quantitative estimate of drug-likeness (QED) is 0.656. The maximum Gasteiger partial charge on any atom is 0.252 e. The summed E-state index contributed by atoms with van der Waals surface area (Å²) < 4.78 is 1.93. The van der Waals surface area contributed by atoms with Gasteiger partial charge in [0.25, 0.3) is 5.91 Å². The summed E-state index contributed by atoms with van der Waals surface area (Å²) in [5, 5.41) is 9.69. The number of hydrogen-bond donors (Lipinski definition) is 1. The van der Waals surface area contributed by atoms with Gasteiger partial charge in [-0.25, -0.2) is 0 Å². The normalized spacial score (nSPS) is 16.3. The maximum absolute atomic E-state index is 13.0. The smallest absolute Gasteiger partial charge is 0.252 e. The Labute approximate surface area is 161 Å². The Kier molecular flexibility index (Phi) is 5.13. The minimum Gasteiger partial charge on any atom is -0.345 e. The summed E-state index contributed by atoms with van der Waals surface area (Å²) in [5.74, 6) is 0.888. The van der Waals surface area contributed by atoms with Crippen molar-refractivity contribution >= 4 is 29.0 Å². The molecule has 0 spiro atoms. The molecule has 0 radical (unpaired) electrons. The first-order valence-electron chi connectivity index (χ1n) is 8.78. The second kappa shape index (κ2) is 7.68.